The van der Waals surface area contributed by atoms with Gasteiger partial charge in [-0.3, -0.25) is 0 Å². The van der Waals surface area contributed by atoms with E-state index in [-0.39, 0.29) is 0 Å². The summed E-state index contributed by atoms with van der Waals surface area (Å²) in [6, 6.07) is 9.73. The Morgan fingerprint density at radius 1 is 1.05 bits per heavy atom. The van der Waals surface area contributed by atoms with Crippen molar-refractivity contribution in [2.24, 2.45) is 0 Å². The molecule has 0 aromatic heterocycles. The van der Waals surface area contributed by atoms with Crippen LogP contribution < -0.4 is 10.1 Å². The highest BCUT2D eigenvalue weighted by molar-refractivity contribution is 6.35. The van der Waals surface area contributed by atoms with Crippen LogP contribution in [0, 0.1) is 13.8 Å². The first-order valence-electron chi connectivity index (χ1n) is 6.82. The summed E-state index contributed by atoms with van der Waals surface area (Å²) in [5.41, 5.74) is 4.44. The van der Waals surface area contributed by atoms with Crippen LogP contribution in [0.2, 0.25) is 10.0 Å². The number of ether oxygens (including phenoxy) is 1. The summed E-state index contributed by atoms with van der Waals surface area (Å²) >= 11 is 12.1. The Bertz CT molecular complexity index is 618. The van der Waals surface area contributed by atoms with Gasteiger partial charge < -0.3 is 10.1 Å². The van der Waals surface area contributed by atoms with Gasteiger partial charge in [0.25, 0.3) is 0 Å². The van der Waals surface area contributed by atoms with Gasteiger partial charge in [-0.2, -0.15) is 0 Å². The molecule has 2 aromatic carbocycles. The average Bonchev–Trinajstić information content (AvgIpc) is 2.40. The van der Waals surface area contributed by atoms with Crippen molar-refractivity contribution in [3.63, 3.8) is 0 Å². The maximum Gasteiger partial charge on any atom is 0.125 e. The first-order valence-corrected chi connectivity index (χ1v) is 7.58. The minimum atomic E-state index is 0.434. The lowest BCUT2D eigenvalue weighted by Gasteiger charge is -2.15. The Balaban J connectivity index is 2.16. The van der Waals surface area contributed by atoms with Crippen molar-refractivity contribution in [1.29, 1.82) is 0 Å². The van der Waals surface area contributed by atoms with Crippen LogP contribution in [-0.2, 0) is 13.2 Å². The monoisotopic (exact) mass is 323 g/mol. The third-order valence-corrected chi connectivity index (χ3v) is 3.88. The van der Waals surface area contributed by atoms with Gasteiger partial charge in [0.05, 0.1) is 0 Å². The standard InChI is InChI=1S/C17H19Cl2NO/c1-11-6-13(9-20-3)7-12(2)17(11)21-10-14-4-5-15(18)8-16(14)19/h4-8,20H,9-10H2,1-3H3. The molecule has 0 aliphatic heterocycles. The molecule has 112 valence electrons. The number of benzene rings is 2. The van der Waals surface area contributed by atoms with E-state index in [9.17, 15) is 0 Å². The molecule has 0 fully saturated rings. The van der Waals surface area contributed by atoms with Crippen LogP contribution in [-0.4, -0.2) is 7.05 Å². The highest BCUT2D eigenvalue weighted by Gasteiger charge is 2.08. The SMILES string of the molecule is CNCc1cc(C)c(OCc2ccc(Cl)cc2Cl)c(C)c1. The molecule has 0 aliphatic carbocycles. The van der Waals surface area contributed by atoms with E-state index in [0.717, 1.165) is 29.0 Å². The fraction of sp³-hybridized carbons (Fsp3) is 0.294. The van der Waals surface area contributed by atoms with Crippen LogP contribution in [0.3, 0.4) is 0 Å². The smallest absolute Gasteiger partial charge is 0.125 e. The van der Waals surface area contributed by atoms with E-state index in [0.29, 0.717) is 16.7 Å². The van der Waals surface area contributed by atoms with Crippen LogP contribution in [0.5, 0.6) is 5.75 Å². The second-order valence-corrected chi connectivity index (χ2v) is 5.96. The molecule has 0 unspecified atom stereocenters. The molecule has 0 saturated heterocycles. The van der Waals surface area contributed by atoms with Crippen LogP contribution in [0.15, 0.2) is 30.3 Å². The molecule has 0 atom stereocenters. The predicted octanol–water partition coefficient (Wildman–Crippen LogP) is 4.91. The van der Waals surface area contributed by atoms with Crippen LogP contribution >= 0.6 is 23.2 Å². The molecule has 0 heterocycles. The Labute approximate surface area is 136 Å². The quantitative estimate of drug-likeness (QED) is 0.844. The average molecular weight is 324 g/mol. The Hall–Kier alpha value is -1.22. The van der Waals surface area contributed by atoms with Gasteiger partial charge in [0.2, 0.25) is 0 Å². The lowest BCUT2D eigenvalue weighted by atomic mass is 10.1. The molecule has 4 heteroatoms. The fourth-order valence-electron chi connectivity index (χ4n) is 2.36. The third kappa shape index (κ3) is 4.13. The summed E-state index contributed by atoms with van der Waals surface area (Å²) in [5, 5.41) is 4.42. The summed E-state index contributed by atoms with van der Waals surface area (Å²) < 4.78 is 5.96. The first kappa shape index (κ1) is 16.2. The van der Waals surface area contributed by atoms with Crippen molar-refractivity contribution in [3.8, 4) is 5.75 Å². The summed E-state index contributed by atoms with van der Waals surface area (Å²) in [5.74, 6) is 0.917. The zero-order chi connectivity index (χ0) is 15.4. The van der Waals surface area contributed by atoms with Crippen molar-refractivity contribution in [2.75, 3.05) is 7.05 Å². The summed E-state index contributed by atoms with van der Waals surface area (Å²) in [4.78, 5) is 0. The van der Waals surface area contributed by atoms with E-state index in [1.165, 1.54) is 5.56 Å². The van der Waals surface area contributed by atoms with Crippen molar-refractivity contribution in [2.45, 2.75) is 27.0 Å². The van der Waals surface area contributed by atoms with Gasteiger partial charge in [-0.05, 0) is 49.7 Å². The summed E-state index contributed by atoms with van der Waals surface area (Å²) in [7, 11) is 1.94. The second-order valence-electron chi connectivity index (χ2n) is 5.11. The second kappa shape index (κ2) is 7.17. The van der Waals surface area contributed by atoms with Crippen LogP contribution in [0.1, 0.15) is 22.3 Å². The number of halogens is 2. The normalized spacial score (nSPS) is 10.7. The molecule has 2 nitrogen and oxygen atoms in total. The molecule has 21 heavy (non-hydrogen) atoms. The lowest BCUT2D eigenvalue weighted by molar-refractivity contribution is 0.302. The maximum atomic E-state index is 6.17. The van der Waals surface area contributed by atoms with Gasteiger partial charge in [-0.15, -0.1) is 0 Å². The largest absolute Gasteiger partial charge is 0.488 e. The molecule has 0 aliphatic rings. The zero-order valence-corrected chi connectivity index (χ0v) is 14.0. The summed E-state index contributed by atoms with van der Waals surface area (Å²) in [6.45, 7) is 5.41. The number of aryl methyl sites for hydroxylation is 2. The highest BCUT2D eigenvalue weighted by Crippen LogP contribution is 2.27. The Morgan fingerprint density at radius 2 is 1.71 bits per heavy atom. The summed E-state index contributed by atoms with van der Waals surface area (Å²) in [6.07, 6.45) is 0. The van der Waals surface area contributed by atoms with Crippen LogP contribution in [0.25, 0.3) is 0 Å². The maximum absolute atomic E-state index is 6.17. The van der Waals surface area contributed by atoms with E-state index in [1.807, 2.05) is 19.2 Å². The van der Waals surface area contributed by atoms with Gasteiger partial charge in [-0.1, -0.05) is 41.4 Å². The highest BCUT2D eigenvalue weighted by atomic mass is 35.5. The van der Waals surface area contributed by atoms with Gasteiger partial charge >= 0.3 is 0 Å². The fourth-order valence-corrected chi connectivity index (χ4v) is 2.83. The number of hydrogen-bond donors (Lipinski definition) is 1. The topological polar surface area (TPSA) is 21.3 Å². The van der Waals surface area contributed by atoms with E-state index in [4.69, 9.17) is 27.9 Å². The molecule has 0 saturated carbocycles. The lowest BCUT2D eigenvalue weighted by Crippen LogP contribution is -2.06. The van der Waals surface area contributed by atoms with E-state index in [1.54, 1.807) is 6.07 Å². The minimum absolute atomic E-state index is 0.434. The predicted molar refractivity (Wildman–Crippen MR) is 89.5 cm³/mol. The Kier molecular flexibility index (Phi) is 5.51. The van der Waals surface area contributed by atoms with Crippen molar-refractivity contribution < 1.29 is 4.74 Å². The van der Waals surface area contributed by atoms with E-state index in [2.05, 4.69) is 31.3 Å². The zero-order valence-electron chi connectivity index (χ0n) is 12.5. The molecule has 2 rings (SSSR count). The van der Waals surface area contributed by atoms with Crippen molar-refractivity contribution in [3.05, 3.63) is 62.6 Å². The van der Waals surface area contributed by atoms with E-state index < -0.39 is 0 Å². The van der Waals surface area contributed by atoms with E-state index >= 15 is 0 Å². The molecule has 1 N–H and O–H groups in total. The number of hydrogen-bond acceptors (Lipinski definition) is 2. The van der Waals surface area contributed by atoms with Crippen molar-refractivity contribution >= 4 is 23.2 Å². The molecule has 0 bridgehead atoms. The van der Waals surface area contributed by atoms with Gasteiger partial charge in [0.1, 0.15) is 12.4 Å². The number of rotatable bonds is 5. The van der Waals surface area contributed by atoms with Gasteiger partial charge in [0.15, 0.2) is 0 Å². The van der Waals surface area contributed by atoms with Crippen molar-refractivity contribution in [1.82, 2.24) is 5.32 Å². The molecule has 0 radical (unpaired) electrons. The minimum Gasteiger partial charge on any atom is -0.488 e. The van der Waals surface area contributed by atoms with Gasteiger partial charge in [0, 0.05) is 22.2 Å². The molecule has 2 aromatic rings. The molecule has 0 amide bonds. The third-order valence-electron chi connectivity index (χ3n) is 3.29. The number of nitrogens with one attached hydrogen (secondary N) is 1. The molecular formula is C17H19Cl2NO. The molecule has 0 spiro atoms. The molecular weight excluding hydrogens is 305 g/mol. The van der Waals surface area contributed by atoms with Crippen LogP contribution in [0.4, 0.5) is 0 Å². The first-order chi connectivity index (χ1) is 10.0. The Morgan fingerprint density at radius 3 is 2.29 bits per heavy atom. The van der Waals surface area contributed by atoms with Gasteiger partial charge in [-0.25, -0.2) is 0 Å².